The average molecular weight is 486 g/mol. The molecule has 0 bridgehead atoms. The van der Waals surface area contributed by atoms with E-state index in [9.17, 15) is 9.59 Å². The van der Waals surface area contributed by atoms with Crippen molar-refractivity contribution in [3.8, 4) is 5.75 Å². The summed E-state index contributed by atoms with van der Waals surface area (Å²) in [5.74, 6) is 0.915. The normalized spacial score (nSPS) is 15.8. The van der Waals surface area contributed by atoms with E-state index in [0.717, 1.165) is 23.2 Å². The van der Waals surface area contributed by atoms with Gasteiger partial charge in [0.1, 0.15) is 5.75 Å². The molecular formula is C30H35N3O3. The number of hydrogen-bond acceptors (Lipinski definition) is 4. The highest BCUT2D eigenvalue weighted by Gasteiger charge is 2.32. The maximum atomic E-state index is 13.2. The highest BCUT2D eigenvalue weighted by Crippen LogP contribution is 2.38. The van der Waals surface area contributed by atoms with Gasteiger partial charge in [0.25, 0.3) is 5.91 Å². The first-order chi connectivity index (χ1) is 17.5. The van der Waals surface area contributed by atoms with Gasteiger partial charge in [0.05, 0.1) is 18.3 Å². The summed E-state index contributed by atoms with van der Waals surface area (Å²) in [6, 6.07) is 21.6. The molecule has 0 spiro atoms. The predicted octanol–water partition coefficient (Wildman–Crippen LogP) is 5.08. The van der Waals surface area contributed by atoms with Crippen LogP contribution in [0.5, 0.6) is 5.75 Å². The topological polar surface area (TPSA) is 71.5 Å². The third-order valence-electron chi connectivity index (χ3n) is 6.48. The number of hydrogen-bond donors (Lipinski definition) is 1. The fourth-order valence-corrected chi connectivity index (χ4v) is 4.68. The Morgan fingerprint density at radius 2 is 1.86 bits per heavy atom. The third kappa shape index (κ3) is 6.11. The minimum atomic E-state index is -0.621. The van der Waals surface area contributed by atoms with E-state index in [0.29, 0.717) is 37.6 Å². The standard InChI is InChI=1S/C30H35N3O3/c1-4-27(30(35)32-20-24-12-8-9-16-31-24)36-25-14-13-22-15-17-33(28(34)18-21(2)3)29(26(22)19-25)23-10-6-5-7-11-23/h5-14,16,19,21,27,29H,4,15,17-18,20H2,1-3H3,(H,32,35)/t27-,29+/m1/s1. The van der Waals surface area contributed by atoms with Gasteiger partial charge in [-0.25, -0.2) is 0 Å². The molecule has 2 atom stereocenters. The third-order valence-corrected chi connectivity index (χ3v) is 6.48. The molecule has 2 heterocycles. The van der Waals surface area contributed by atoms with E-state index in [1.807, 2.05) is 60.4 Å². The molecule has 3 aromatic rings. The number of nitrogens with zero attached hydrogens (tertiary/aromatic N) is 2. The summed E-state index contributed by atoms with van der Waals surface area (Å²) in [7, 11) is 0. The van der Waals surface area contributed by atoms with Gasteiger partial charge in [-0.05, 0) is 59.7 Å². The number of ether oxygens (including phenoxy) is 1. The Balaban J connectivity index is 1.57. The average Bonchev–Trinajstić information content (AvgIpc) is 2.90. The lowest BCUT2D eigenvalue weighted by Crippen LogP contribution is -2.41. The molecule has 1 aromatic heterocycles. The first-order valence-corrected chi connectivity index (χ1v) is 12.8. The van der Waals surface area contributed by atoms with Crippen LogP contribution in [-0.2, 0) is 22.6 Å². The van der Waals surface area contributed by atoms with Crippen LogP contribution in [0.2, 0.25) is 0 Å². The second kappa shape index (κ2) is 11.8. The second-order valence-corrected chi connectivity index (χ2v) is 9.66. The van der Waals surface area contributed by atoms with Gasteiger partial charge in [-0.15, -0.1) is 0 Å². The van der Waals surface area contributed by atoms with Crippen LogP contribution < -0.4 is 10.1 Å². The molecule has 0 unspecified atom stereocenters. The number of pyridine rings is 1. The Bertz CT molecular complexity index is 1160. The Morgan fingerprint density at radius 1 is 1.08 bits per heavy atom. The molecule has 2 aromatic carbocycles. The summed E-state index contributed by atoms with van der Waals surface area (Å²) in [4.78, 5) is 32.3. The summed E-state index contributed by atoms with van der Waals surface area (Å²) < 4.78 is 6.19. The van der Waals surface area contributed by atoms with E-state index in [1.54, 1.807) is 6.20 Å². The lowest BCUT2D eigenvalue weighted by Gasteiger charge is -2.38. The molecule has 0 radical (unpaired) electrons. The molecular weight excluding hydrogens is 450 g/mol. The lowest BCUT2D eigenvalue weighted by atomic mass is 9.87. The quantitative estimate of drug-likeness (QED) is 0.459. The molecule has 1 aliphatic heterocycles. The van der Waals surface area contributed by atoms with Crippen LogP contribution in [0.4, 0.5) is 0 Å². The van der Waals surface area contributed by atoms with E-state index in [-0.39, 0.29) is 17.9 Å². The molecule has 2 amide bonds. The number of aromatic nitrogens is 1. The van der Waals surface area contributed by atoms with E-state index in [4.69, 9.17) is 4.74 Å². The zero-order valence-electron chi connectivity index (χ0n) is 21.3. The predicted molar refractivity (Wildman–Crippen MR) is 140 cm³/mol. The van der Waals surface area contributed by atoms with Gasteiger partial charge in [-0.2, -0.15) is 0 Å². The van der Waals surface area contributed by atoms with Crippen molar-refractivity contribution in [2.75, 3.05) is 6.54 Å². The molecule has 0 saturated heterocycles. The van der Waals surface area contributed by atoms with Gasteiger partial charge in [-0.3, -0.25) is 14.6 Å². The maximum Gasteiger partial charge on any atom is 0.261 e. The first kappa shape index (κ1) is 25.4. The Kier molecular flexibility index (Phi) is 8.36. The lowest BCUT2D eigenvalue weighted by molar-refractivity contribution is -0.134. The summed E-state index contributed by atoms with van der Waals surface area (Å²) in [6.07, 6.45) is 2.94. The highest BCUT2D eigenvalue weighted by molar-refractivity contribution is 5.81. The molecule has 0 saturated carbocycles. The van der Waals surface area contributed by atoms with Crippen molar-refractivity contribution in [2.45, 2.75) is 58.7 Å². The zero-order chi connectivity index (χ0) is 25.5. The molecule has 0 aliphatic carbocycles. The second-order valence-electron chi connectivity index (χ2n) is 9.66. The minimum absolute atomic E-state index is 0.163. The smallest absolute Gasteiger partial charge is 0.261 e. The van der Waals surface area contributed by atoms with Crippen molar-refractivity contribution in [3.63, 3.8) is 0 Å². The molecule has 188 valence electrons. The minimum Gasteiger partial charge on any atom is -0.481 e. The van der Waals surface area contributed by atoms with Crippen molar-refractivity contribution < 1.29 is 14.3 Å². The number of rotatable bonds is 9. The van der Waals surface area contributed by atoms with Crippen LogP contribution in [0, 0.1) is 5.92 Å². The number of carbonyl (C=O) groups is 2. The Labute approximate surface area is 213 Å². The number of carbonyl (C=O) groups excluding carboxylic acids is 2. The molecule has 1 N–H and O–H groups in total. The van der Waals surface area contributed by atoms with Crippen molar-refractivity contribution in [1.82, 2.24) is 15.2 Å². The van der Waals surface area contributed by atoms with Crippen LogP contribution in [0.15, 0.2) is 72.9 Å². The largest absolute Gasteiger partial charge is 0.481 e. The van der Waals surface area contributed by atoms with E-state index in [1.165, 1.54) is 5.56 Å². The summed E-state index contributed by atoms with van der Waals surface area (Å²) in [5, 5.41) is 2.93. The fourth-order valence-electron chi connectivity index (χ4n) is 4.68. The number of benzene rings is 2. The first-order valence-electron chi connectivity index (χ1n) is 12.8. The Morgan fingerprint density at radius 3 is 2.56 bits per heavy atom. The maximum absolute atomic E-state index is 13.2. The molecule has 6 nitrogen and oxygen atoms in total. The number of fused-ring (bicyclic) bond motifs is 1. The SMILES string of the molecule is CC[C@@H](Oc1ccc2c(c1)[C@H](c1ccccc1)N(C(=O)CC(C)C)CC2)C(=O)NCc1ccccn1. The van der Waals surface area contributed by atoms with Crippen LogP contribution in [0.3, 0.4) is 0 Å². The van der Waals surface area contributed by atoms with Crippen LogP contribution in [0.1, 0.15) is 62.0 Å². The molecule has 6 heteroatoms. The monoisotopic (exact) mass is 485 g/mol. The van der Waals surface area contributed by atoms with Crippen molar-refractivity contribution >= 4 is 11.8 Å². The van der Waals surface area contributed by atoms with Gasteiger partial charge in [-0.1, -0.05) is 63.2 Å². The molecule has 0 fully saturated rings. The van der Waals surface area contributed by atoms with Gasteiger partial charge >= 0.3 is 0 Å². The zero-order valence-corrected chi connectivity index (χ0v) is 21.3. The van der Waals surface area contributed by atoms with Crippen molar-refractivity contribution in [2.24, 2.45) is 5.92 Å². The van der Waals surface area contributed by atoms with Gasteiger partial charge in [0, 0.05) is 19.2 Å². The molecule has 36 heavy (non-hydrogen) atoms. The van der Waals surface area contributed by atoms with E-state index < -0.39 is 6.10 Å². The van der Waals surface area contributed by atoms with E-state index >= 15 is 0 Å². The summed E-state index contributed by atoms with van der Waals surface area (Å²) in [6.45, 7) is 7.12. The Hall–Kier alpha value is -3.67. The van der Waals surface area contributed by atoms with Crippen LogP contribution in [0.25, 0.3) is 0 Å². The van der Waals surface area contributed by atoms with Gasteiger partial charge < -0.3 is 15.0 Å². The van der Waals surface area contributed by atoms with E-state index in [2.05, 4.69) is 42.3 Å². The molecule has 1 aliphatic rings. The van der Waals surface area contributed by atoms with Gasteiger partial charge in [0.2, 0.25) is 5.91 Å². The summed E-state index contributed by atoms with van der Waals surface area (Å²) >= 11 is 0. The summed E-state index contributed by atoms with van der Waals surface area (Å²) in [5.41, 5.74) is 4.14. The van der Waals surface area contributed by atoms with Crippen molar-refractivity contribution in [3.05, 3.63) is 95.3 Å². The fraction of sp³-hybridized carbons (Fsp3) is 0.367. The van der Waals surface area contributed by atoms with Crippen LogP contribution in [-0.4, -0.2) is 34.3 Å². The highest BCUT2D eigenvalue weighted by atomic mass is 16.5. The number of amides is 2. The molecule has 4 rings (SSSR count). The van der Waals surface area contributed by atoms with Gasteiger partial charge in [0.15, 0.2) is 6.10 Å². The van der Waals surface area contributed by atoms with Crippen molar-refractivity contribution in [1.29, 1.82) is 0 Å². The number of nitrogens with one attached hydrogen (secondary N) is 1. The van der Waals surface area contributed by atoms with Crippen LogP contribution >= 0.6 is 0 Å².